The SMILES string of the molecule is O=C(CSc1nnc(-c2ccco2)n1Cc1ccccc1)N1CCN(CC2CCCCC2)CC1. The van der Waals surface area contributed by atoms with Gasteiger partial charge in [-0.2, -0.15) is 0 Å². The number of carbonyl (C=O) groups is 1. The third-order valence-electron chi connectivity index (χ3n) is 6.93. The van der Waals surface area contributed by atoms with Crippen LogP contribution in [0.4, 0.5) is 0 Å². The predicted octanol–water partition coefficient (Wildman–Crippen LogP) is 4.40. The first-order valence-corrected chi connectivity index (χ1v) is 13.4. The molecule has 1 aromatic carbocycles. The number of amides is 1. The monoisotopic (exact) mass is 479 g/mol. The van der Waals surface area contributed by atoms with Gasteiger partial charge in [-0.3, -0.25) is 14.3 Å². The summed E-state index contributed by atoms with van der Waals surface area (Å²) in [7, 11) is 0. The minimum atomic E-state index is 0.177. The zero-order valence-electron chi connectivity index (χ0n) is 19.6. The molecule has 0 unspecified atom stereocenters. The average Bonchev–Trinajstić information content (AvgIpc) is 3.54. The van der Waals surface area contributed by atoms with Crippen molar-refractivity contribution in [3.63, 3.8) is 0 Å². The van der Waals surface area contributed by atoms with Crippen LogP contribution in [-0.2, 0) is 11.3 Å². The van der Waals surface area contributed by atoms with Crippen molar-refractivity contribution in [2.75, 3.05) is 38.5 Å². The quantitative estimate of drug-likeness (QED) is 0.446. The Hall–Kier alpha value is -2.58. The third kappa shape index (κ3) is 5.73. The van der Waals surface area contributed by atoms with E-state index in [1.807, 2.05) is 39.8 Å². The number of nitrogens with zero attached hydrogens (tertiary/aromatic N) is 5. The van der Waals surface area contributed by atoms with E-state index in [0.717, 1.165) is 42.8 Å². The van der Waals surface area contributed by atoms with Crippen molar-refractivity contribution in [3.05, 3.63) is 54.3 Å². The van der Waals surface area contributed by atoms with Crippen LogP contribution in [0.5, 0.6) is 0 Å². The number of hydrogen-bond acceptors (Lipinski definition) is 6. The third-order valence-corrected chi connectivity index (χ3v) is 7.88. The predicted molar refractivity (Wildman–Crippen MR) is 134 cm³/mol. The highest BCUT2D eigenvalue weighted by molar-refractivity contribution is 7.99. The summed E-state index contributed by atoms with van der Waals surface area (Å²) in [6, 6.07) is 14.0. The highest BCUT2D eigenvalue weighted by Gasteiger charge is 2.25. The molecule has 5 rings (SSSR count). The number of furan rings is 1. The molecule has 1 aliphatic carbocycles. The molecule has 0 spiro atoms. The molecule has 1 amide bonds. The molecule has 3 heterocycles. The van der Waals surface area contributed by atoms with Crippen LogP contribution >= 0.6 is 11.8 Å². The topological polar surface area (TPSA) is 67.4 Å². The number of carbonyl (C=O) groups excluding carboxylic acids is 1. The number of aromatic nitrogens is 3. The van der Waals surface area contributed by atoms with Crippen molar-refractivity contribution in [1.29, 1.82) is 0 Å². The van der Waals surface area contributed by atoms with Crippen LogP contribution in [0.1, 0.15) is 37.7 Å². The summed E-state index contributed by atoms with van der Waals surface area (Å²) in [6.45, 7) is 5.44. The Kier molecular flexibility index (Phi) is 7.65. The Labute approximate surface area is 205 Å². The highest BCUT2D eigenvalue weighted by atomic mass is 32.2. The van der Waals surface area contributed by atoms with Gasteiger partial charge in [0.05, 0.1) is 18.6 Å². The summed E-state index contributed by atoms with van der Waals surface area (Å²) in [5.41, 5.74) is 1.15. The summed E-state index contributed by atoms with van der Waals surface area (Å²) in [6.07, 6.45) is 8.56. The number of piperazine rings is 1. The van der Waals surface area contributed by atoms with Crippen molar-refractivity contribution in [3.8, 4) is 11.6 Å². The average molecular weight is 480 g/mol. The Morgan fingerprint density at radius 2 is 1.76 bits per heavy atom. The molecule has 7 nitrogen and oxygen atoms in total. The van der Waals surface area contributed by atoms with Gasteiger partial charge in [-0.25, -0.2) is 0 Å². The van der Waals surface area contributed by atoms with E-state index in [-0.39, 0.29) is 5.91 Å². The van der Waals surface area contributed by atoms with Gasteiger partial charge in [0.2, 0.25) is 11.7 Å². The minimum absolute atomic E-state index is 0.177. The van der Waals surface area contributed by atoms with Gasteiger partial charge in [-0.05, 0) is 36.5 Å². The minimum Gasteiger partial charge on any atom is -0.461 e. The van der Waals surface area contributed by atoms with Crippen molar-refractivity contribution < 1.29 is 9.21 Å². The van der Waals surface area contributed by atoms with E-state index in [4.69, 9.17) is 4.42 Å². The van der Waals surface area contributed by atoms with E-state index >= 15 is 0 Å². The van der Waals surface area contributed by atoms with Crippen LogP contribution in [0.2, 0.25) is 0 Å². The normalized spacial score (nSPS) is 17.8. The molecule has 1 saturated heterocycles. The van der Waals surface area contributed by atoms with E-state index in [1.165, 1.54) is 50.4 Å². The van der Waals surface area contributed by atoms with Crippen molar-refractivity contribution in [1.82, 2.24) is 24.6 Å². The summed E-state index contributed by atoms with van der Waals surface area (Å²) in [5.74, 6) is 2.76. The molecule has 8 heteroatoms. The van der Waals surface area contributed by atoms with Crippen LogP contribution in [0.15, 0.2) is 58.3 Å². The van der Waals surface area contributed by atoms with Crippen molar-refractivity contribution >= 4 is 17.7 Å². The maximum Gasteiger partial charge on any atom is 0.233 e. The summed E-state index contributed by atoms with van der Waals surface area (Å²) >= 11 is 1.46. The molecule has 0 radical (unpaired) electrons. The van der Waals surface area contributed by atoms with Gasteiger partial charge in [0.1, 0.15) is 0 Å². The van der Waals surface area contributed by atoms with E-state index in [2.05, 4.69) is 27.2 Å². The van der Waals surface area contributed by atoms with Gasteiger partial charge in [0, 0.05) is 32.7 Å². The summed E-state index contributed by atoms with van der Waals surface area (Å²) in [4.78, 5) is 17.5. The fourth-order valence-electron chi connectivity index (χ4n) is 5.02. The van der Waals surface area contributed by atoms with E-state index in [0.29, 0.717) is 23.9 Å². The Balaban J connectivity index is 1.18. The molecule has 1 aliphatic heterocycles. The lowest BCUT2D eigenvalue weighted by Gasteiger charge is -2.37. The molecule has 0 N–H and O–H groups in total. The van der Waals surface area contributed by atoms with Gasteiger partial charge >= 0.3 is 0 Å². The standard InChI is InChI=1S/C26H33N5O2S/c32-24(30-15-13-29(14-16-30)18-21-8-3-1-4-9-21)20-34-26-28-27-25(23-12-7-17-33-23)31(26)19-22-10-5-2-6-11-22/h2,5-7,10-12,17,21H,1,3-4,8-9,13-16,18-20H2. The first kappa shape index (κ1) is 23.2. The maximum absolute atomic E-state index is 13.0. The van der Waals surface area contributed by atoms with Crippen molar-refractivity contribution in [2.24, 2.45) is 5.92 Å². The van der Waals surface area contributed by atoms with E-state index in [9.17, 15) is 4.79 Å². The Morgan fingerprint density at radius 3 is 2.50 bits per heavy atom. The largest absolute Gasteiger partial charge is 0.461 e. The zero-order valence-corrected chi connectivity index (χ0v) is 20.5. The van der Waals surface area contributed by atoms with Gasteiger partial charge in [-0.1, -0.05) is 61.4 Å². The first-order chi connectivity index (χ1) is 16.8. The highest BCUT2D eigenvalue weighted by Crippen LogP contribution is 2.27. The van der Waals surface area contributed by atoms with E-state index in [1.54, 1.807) is 6.26 Å². The molecule has 0 atom stereocenters. The van der Waals surface area contributed by atoms with Gasteiger partial charge < -0.3 is 9.32 Å². The summed E-state index contributed by atoms with van der Waals surface area (Å²) in [5, 5.41) is 9.51. The molecular weight excluding hydrogens is 446 g/mol. The molecule has 180 valence electrons. The van der Waals surface area contributed by atoms with Gasteiger partial charge in [0.25, 0.3) is 0 Å². The van der Waals surface area contributed by atoms with Crippen LogP contribution in [0, 0.1) is 5.92 Å². The second-order valence-corrected chi connectivity index (χ2v) is 10.3. The lowest BCUT2D eigenvalue weighted by atomic mass is 9.89. The van der Waals surface area contributed by atoms with Crippen LogP contribution in [0.25, 0.3) is 11.6 Å². The maximum atomic E-state index is 13.0. The first-order valence-electron chi connectivity index (χ1n) is 12.4. The zero-order chi connectivity index (χ0) is 23.2. The fourth-order valence-corrected chi connectivity index (χ4v) is 5.86. The Bertz CT molecular complexity index is 1040. The van der Waals surface area contributed by atoms with Gasteiger partial charge in [-0.15, -0.1) is 10.2 Å². The molecule has 0 bridgehead atoms. The van der Waals surface area contributed by atoms with Gasteiger partial charge in [0.15, 0.2) is 10.9 Å². The second kappa shape index (κ2) is 11.2. The fraction of sp³-hybridized carbons (Fsp3) is 0.500. The molecule has 1 saturated carbocycles. The molecular formula is C26H33N5O2S. The van der Waals surface area contributed by atoms with Crippen molar-refractivity contribution in [2.45, 2.75) is 43.8 Å². The van der Waals surface area contributed by atoms with Crippen LogP contribution < -0.4 is 0 Å². The molecule has 2 fully saturated rings. The summed E-state index contributed by atoms with van der Waals surface area (Å²) < 4.78 is 7.62. The van der Waals surface area contributed by atoms with E-state index < -0.39 is 0 Å². The number of benzene rings is 1. The molecule has 3 aromatic rings. The molecule has 34 heavy (non-hydrogen) atoms. The Morgan fingerprint density at radius 1 is 0.971 bits per heavy atom. The number of rotatable bonds is 8. The molecule has 2 aromatic heterocycles. The lowest BCUT2D eigenvalue weighted by Crippen LogP contribution is -2.50. The number of hydrogen-bond donors (Lipinski definition) is 0. The lowest BCUT2D eigenvalue weighted by molar-refractivity contribution is -0.130. The van der Waals surface area contributed by atoms with Crippen LogP contribution in [-0.4, -0.2) is 68.9 Å². The van der Waals surface area contributed by atoms with Crippen LogP contribution in [0.3, 0.4) is 0 Å². The molecule has 2 aliphatic rings. The smallest absolute Gasteiger partial charge is 0.233 e. The second-order valence-electron chi connectivity index (χ2n) is 9.33. The number of thioether (sulfide) groups is 1.